The van der Waals surface area contributed by atoms with Gasteiger partial charge in [0.25, 0.3) is 5.91 Å². The number of hydrogen-bond donors (Lipinski definition) is 2. The molecule has 0 bridgehead atoms. The standard InChI is InChI=1S/C23H30N2O3/c1-18(17-24-2)23(27)28-25-22(26)16-21-14-12-20(13-15-21)11-7-6-10-19-8-4-3-5-9-19/h3-5,8-9,12-15,18,24H,6-7,10-11,16-17H2,1-2H3,(H,25,26)/t18-/m0/s1. The summed E-state index contributed by atoms with van der Waals surface area (Å²) >= 11 is 0. The average molecular weight is 383 g/mol. The highest BCUT2D eigenvalue weighted by atomic mass is 16.7. The van der Waals surface area contributed by atoms with E-state index in [1.807, 2.05) is 18.2 Å². The van der Waals surface area contributed by atoms with E-state index < -0.39 is 5.97 Å². The minimum Gasteiger partial charge on any atom is -0.340 e. The van der Waals surface area contributed by atoms with Gasteiger partial charge in [0, 0.05) is 6.54 Å². The van der Waals surface area contributed by atoms with Crippen LogP contribution >= 0.6 is 0 Å². The molecule has 0 aliphatic carbocycles. The number of nitrogens with one attached hydrogen (secondary N) is 2. The topological polar surface area (TPSA) is 67.4 Å². The number of carbonyl (C=O) groups excluding carboxylic acids is 2. The van der Waals surface area contributed by atoms with Crippen molar-refractivity contribution in [1.29, 1.82) is 0 Å². The molecule has 2 N–H and O–H groups in total. The van der Waals surface area contributed by atoms with E-state index in [1.165, 1.54) is 11.1 Å². The van der Waals surface area contributed by atoms with Crippen LogP contribution in [0, 0.1) is 5.92 Å². The van der Waals surface area contributed by atoms with Crippen LogP contribution in [0.1, 0.15) is 36.5 Å². The van der Waals surface area contributed by atoms with Crippen molar-refractivity contribution in [3.63, 3.8) is 0 Å². The van der Waals surface area contributed by atoms with Crippen molar-refractivity contribution in [2.75, 3.05) is 13.6 Å². The molecule has 5 heteroatoms. The molecular weight excluding hydrogens is 352 g/mol. The summed E-state index contributed by atoms with van der Waals surface area (Å²) in [5, 5.41) is 2.89. The lowest BCUT2D eigenvalue weighted by Crippen LogP contribution is -2.33. The van der Waals surface area contributed by atoms with Gasteiger partial charge in [-0.2, -0.15) is 5.48 Å². The second kappa shape index (κ2) is 11.9. The Balaban J connectivity index is 1.67. The van der Waals surface area contributed by atoms with Gasteiger partial charge in [0.1, 0.15) is 0 Å². The van der Waals surface area contributed by atoms with Crippen LogP contribution in [0.2, 0.25) is 0 Å². The molecule has 0 aliphatic rings. The lowest BCUT2D eigenvalue weighted by molar-refractivity contribution is -0.161. The van der Waals surface area contributed by atoms with E-state index in [9.17, 15) is 9.59 Å². The van der Waals surface area contributed by atoms with Crippen molar-refractivity contribution in [2.24, 2.45) is 5.92 Å². The van der Waals surface area contributed by atoms with Crippen LogP contribution in [0.5, 0.6) is 0 Å². The molecule has 0 aromatic heterocycles. The molecule has 0 spiro atoms. The zero-order chi connectivity index (χ0) is 20.2. The minimum atomic E-state index is -0.450. The Kier molecular flexibility index (Phi) is 9.22. The van der Waals surface area contributed by atoms with E-state index in [0.717, 1.165) is 31.2 Å². The van der Waals surface area contributed by atoms with Crippen molar-refractivity contribution in [3.8, 4) is 0 Å². The summed E-state index contributed by atoms with van der Waals surface area (Å²) in [5.74, 6) is -1.10. The minimum absolute atomic E-state index is 0.183. The molecule has 0 radical (unpaired) electrons. The predicted octanol–water partition coefficient (Wildman–Crippen LogP) is 3.22. The largest absolute Gasteiger partial charge is 0.340 e. The summed E-state index contributed by atoms with van der Waals surface area (Å²) in [6.45, 7) is 2.24. The van der Waals surface area contributed by atoms with Gasteiger partial charge in [0.15, 0.2) is 0 Å². The van der Waals surface area contributed by atoms with Crippen molar-refractivity contribution in [2.45, 2.75) is 39.0 Å². The Morgan fingerprint density at radius 3 is 2.07 bits per heavy atom. The Hall–Kier alpha value is -2.66. The molecule has 28 heavy (non-hydrogen) atoms. The molecular formula is C23H30N2O3. The van der Waals surface area contributed by atoms with E-state index in [-0.39, 0.29) is 18.2 Å². The van der Waals surface area contributed by atoms with Crippen molar-refractivity contribution < 1.29 is 14.4 Å². The molecule has 2 aromatic carbocycles. The fourth-order valence-corrected chi connectivity index (χ4v) is 2.95. The van der Waals surface area contributed by atoms with Gasteiger partial charge in [0.05, 0.1) is 12.3 Å². The molecule has 2 rings (SSSR count). The monoisotopic (exact) mass is 382 g/mol. The smallest absolute Gasteiger partial charge is 0.336 e. The first kappa shape index (κ1) is 21.6. The lowest BCUT2D eigenvalue weighted by atomic mass is 10.0. The number of hydroxylamine groups is 1. The summed E-state index contributed by atoms with van der Waals surface area (Å²) in [5.41, 5.74) is 5.77. The van der Waals surface area contributed by atoms with Crippen LogP contribution in [0.25, 0.3) is 0 Å². The SMILES string of the molecule is CNC[C@H](C)C(=O)ONC(=O)Cc1ccc(CCCCc2ccccc2)cc1. The highest BCUT2D eigenvalue weighted by Gasteiger charge is 2.15. The van der Waals surface area contributed by atoms with Crippen LogP contribution in [-0.2, 0) is 33.7 Å². The number of carbonyl (C=O) groups is 2. The van der Waals surface area contributed by atoms with Gasteiger partial charge in [-0.25, -0.2) is 4.79 Å². The van der Waals surface area contributed by atoms with E-state index in [4.69, 9.17) is 4.84 Å². The quantitative estimate of drug-likeness (QED) is 0.489. The number of rotatable bonds is 10. The van der Waals surface area contributed by atoms with Crippen molar-refractivity contribution in [3.05, 3.63) is 71.3 Å². The first-order valence-electron chi connectivity index (χ1n) is 9.84. The van der Waals surface area contributed by atoms with Crippen LogP contribution in [0.3, 0.4) is 0 Å². The van der Waals surface area contributed by atoms with Gasteiger partial charge in [-0.15, -0.1) is 0 Å². The van der Waals surface area contributed by atoms with Gasteiger partial charge in [-0.05, 0) is 49.4 Å². The van der Waals surface area contributed by atoms with Crippen molar-refractivity contribution >= 4 is 11.9 Å². The molecule has 0 saturated carbocycles. The van der Waals surface area contributed by atoms with E-state index >= 15 is 0 Å². The number of aryl methyl sites for hydroxylation is 2. The van der Waals surface area contributed by atoms with Crippen LogP contribution < -0.4 is 10.8 Å². The fraction of sp³-hybridized carbons (Fsp3) is 0.391. The highest BCUT2D eigenvalue weighted by molar-refractivity contribution is 5.80. The maximum Gasteiger partial charge on any atom is 0.336 e. The summed E-state index contributed by atoms with van der Waals surface area (Å²) in [6, 6.07) is 18.6. The van der Waals surface area contributed by atoms with Crippen LogP contribution in [0.4, 0.5) is 0 Å². The second-order valence-corrected chi connectivity index (χ2v) is 7.09. The number of amides is 1. The molecule has 5 nitrogen and oxygen atoms in total. The predicted molar refractivity (Wildman–Crippen MR) is 111 cm³/mol. The van der Waals surface area contributed by atoms with E-state index in [0.29, 0.717) is 6.54 Å². The zero-order valence-corrected chi connectivity index (χ0v) is 16.7. The van der Waals surface area contributed by atoms with Gasteiger partial charge >= 0.3 is 5.97 Å². The highest BCUT2D eigenvalue weighted by Crippen LogP contribution is 2.11. The molecule has 150 valence electrons. The second-order valence-electron chi connectivity index (χ2n) is 7.09. The summed E-state index contributed by atoms with van der Waals surface area (Å²) in [6.07, 6.45) is 4.61. The lowest BCUT2D eigenvalue weighted by Gasteiger charge is -2.10. The van der Waals surface area contributed by atoms with E-state index in [2.05, 4.69) is 47.2 Å². The van der Waals surface area contributed by atoms with Crippen LogP contribution in [-0.4, -0.2) is 25.5 Å². The van der Waals surface area contributed by atoms with Gasteiger partial charge in [-0.1, -0.05) is 61.5 Å². The Labute approximate surface area is 167 Å². The molecule has 0 heterocycles. The normalized spacial score (nSPS) is 11.6. The number of hydrogen-bond acceptors (Lipinski definition) is 4. The van der Waals surface area contributed by atoms with E-state index in [1.54, 1.807) is 14.0 Å². The third-order valence-corrected chi connectivity index (χ3v) is 4.59. The van der Waals surface area contributed by atoms with Gasteiger partial charge in [0.2, 0.25) is 0 Å². The van der Waals surface area contributed by atoms with Gasteiger partial charge < -0.3 is 10.2 Å². The maximum atomic E-state index is 11.9. The van der Waals surface area contributed by atoms with Crippen LogP contribution in [0.15, 0.2) is 54.6 Å². The summed E-state index contributed by atoms with van der Waals surface area (Å²) in [7, 11) is 1.76. The number of benzene rings is 2. The fourth-order valence-electron chi connectivity index (χ4n) is 2.95. The molecule has 1 atom stereocenters. The zero-order valence-electron chi connectivity index (χ0n) is 16.7. The Morgan fingerprint density at radius 1 is 0.893 bits per heavy atom. The third kappa shape index (κ3) is 7.92. The third-order valence-electron chi connectivity index (χ3n) is 4.59. The molecule has 0 saturated heterocycles. The van der Waals surface area contributed by atoms with Gasteiger partial charge in [-0.3, -0.25) is 4.79 Å². The Morgan fingerprint density at radius 2 is 1.46 bits per heavy atom. The summed E-state index contributed by atoms with van der Waals surface area (Å²) in [4.78, 5) is 28.4. The first-order valence-corrected chi connectivity index (χ1v) is 9.84. The first-order chi connectivity index (χ1) is 13.6. The molecule has 0 aliphatic heterocycles. The Bertz CT molecular complexity index is 729. The number of unbranched alkanes of at least 4 members (excludes halogenated alkanes) is 1. The molecule has 0 unspecified atom stereocenters. The molecule has 1 amide bonds. The average Bonchev–Trinajstić information content (AvgIpc) is 2.71. The maximum absolute atomic E-state index is 11.9. The molecule has 2 aromatic rings. The van der Waals surface area contributed by atoms with Crippen molar-refractivity contribution in [1.82, 2.24) is 10.8 Å². The summed E-state index contributed by atoms with van der Waals surface area (Å²) < 4.78 is 0. The molecule has 0 fully saturated rings.